The van der Waals surface area contributed by atoms with Crippen LogP contribution in [0.3, 0.4) is 0 Å². The van der Waals surface area contributed by atoms with E-state index < -0.39 is 94.4 Å². The molecule has 382 valence electrons. The van der Waals surface area contributed by atoms with Crippen molar-refractivity contribution in [3.63, 3.8) is 0 Å². The van der Waals surface area contributed by atoms with Crippen LogP contribution in [-0.4, -0.2) is 126 Å². The molecule has 0 spiro atoms. The second-order valence-corrected chi connectivity index (χ2v) is 22.1. The second kappa shape index (κ2) is 22.6. The van der Waals surface area contributed by atoms with Gasteiger partial charge in [-0.25, -0.2) is 0 Å². The van der Waals surface area contributed by atoms with E-state index in [9.17, 15) is 38.4 Å². The monoisotopic (exact) mass is 968 g/mol. The number of nitrogens with zero attached hydrogens (tertiary/aromatic N) is 2. The second-order valence-electron chi connectivity index (χ2n) is 22.1. The number of likely N-dealkylation sites (tertiary alicyclic amines) is 2. The molecule has 0 unspecified atom stereocenters. The molecule has 2 aromatic rings. The minimum atomic E-state index is -1.03. The lowest BCUT2D eigenvalue weighted by atomic mass is 9.85. The summed E-state index contributed by atoms with van der Waals surface area (Å²) in [6, 6.07) is 9.31. The number of likely N-dealkylation sites (N-methyl/N-ethyl adjacent to an activating group) is 2. The summed E-state index contributed by atoms with van der Waals surface area (Å²) in [5.41, 5.74) is 2.81. The number of benzene rings is 2. The van der Waals surface area contributed by atoms with Gasteiger partial charge < -0.3 is 47.0 Å². The Hall–Kier alpha value is -5.68. The maximum Gasteiger partial charge on any atom is 0.287 e. The topological polar surface area (TPSA) is 227 Å². The lowest BCUT2D eigenvalue weighted by Gasteiger charge is -2.36. The van der Waals surface area contributed by atoms with Gasteiger partial charge in [0.2, 0.25) is 41.2 Å². The van der Waals surface area contributed by atoms with Crippen LogP contribution in [0.1, 0.15) is 135 Å². The molecule has 0 aromatic heterocycles. The molecule has 2 aliphatic heterocycles. The lowest BCUT2D eigenvalue weighted by molar-refractivity contribution is -0.144. The molecular formula is C53H77N9O8. The number of carbonyl (C=O) groups excluding carboxylic acids is 8. The van der Waals surface area contributed by atoms with Gasteiger partial charge in [-0.05, 0) is 118 Å². The zero-order valence-corrected chi connectivity index (χ0v) is 42.8. The van der Waals surface area contributed by atoms with Crippen molar-refractivity contribution in [2.24, 2.45) is 16.7 Å². The summed E-state index contributed by atoms with van der Waals surface area (Å²) in [7, 11) is 3.29. The summed E-state index contributed by atoms with van der Waals surface area (Å²) >= 11 is 0. The molecule has 2 aliphatic carbocycles. The van der Waals surface area contributed by atoms with Crippen molar-refractivity contribution >= 4 is 47.1 Å². The van der Waals surface area contributed by atoms with Crippen LogP contribution in [0.2, 0.25) is 0 Å². The van der Waals surface area contributed by atoms with Crippen molar-refractivity contribution in [1.82, 2.24) is 47.0 Å². The Morgan fingerprint density at radius 3 is 1.47 bits per heavy atom. The van der Waals surface area contributed by atoms with Crippen molar-refractivity contribution in [1.29, 1.82) is 0 Å². The Morgan fingerprint density at radius 1 is 0.600 bits per heavy atom. The van der Waals surface area contributed by atoms with E-state index >= 15 is 0 Å². The fourth-order valence-electron chi connectivity index (χ4n) is 10.4. The van der Waals surface area contributed by atoms with Gasteiger partial charge >= 0.3 is 0 Å². The third-order valence-electron chi connectivity index (χ3n) is 14.7. The first-order chi connectivity index (χ1) is 33.0. The minimum Gasteiger partial charge on any atom is -0.347 e. The number of ketones is 1. The molecule has 17 nitrogen and oxygen atoms in total. The highest BCUT2D eigenvalue weighted by molar-refractivity contribution is 6.36. The first kappa shape index (κ1) is 53.7. The van der Waals surface area contributed by atoms with Crippen LogP contribution in [0.4, 0.5) is 0 Å². The summed E-state index contributed by atoms with van der Waals surface area (Å²) in [4.78, 5) is 115. The Kier molecular flexibility index (Phi) is 17.3. The van der Waals surface area contributed by atoms with Gasteiger partial charge in [0.05, 0.1) is 24.2 Å². The summed E-state index contributed by atoms with van der Waals surface area (Å²) in [6.07, 6.45) is 4.80. The molecule has 70 heavy (non-hydrogen) atoms. The van der Waals surface area contributed by atoms with Gasteiger partial charge in [0.25, 0.3) is 5.91 Å². The number of rotatable bonds is 16. The largest absolute Gasteiger partial charge is 0.347 e. The van der Waals surface area contributed by atoms with Crippen LogP contribution >= 0.6 is 0 Å². The number of Topliss-reactive ketones (excluding diaryl/α,β-unsaturated/α-hetero) is 1. The molecule has 2 fully saturated rings. The molecule has 0 saturated carbocycles. The molecule has 2 heterocycles. The van der Waals surface area contributed by atoms with Gasteiger partial charge in [0, 0.05) is 25.6 Å². The highest BCUT2D eigenvalue weighted by atomic mass is 16.2. The Balaban J connectivity index is 1.21. The van der Waals surface area contributed by atoms with Gasteiger partial charge in [-0.2, -0.15) is 0 Å². The summed E-state index contributed by atoms with van der Waals surface area (Å²) < 4.78 is 0. The van der Waals surface area contributed by atoms with Gasteiger partial charge in [-0.1, -0.05) is 90.1 Å². The molecule has 2 saturated heterocycles. The number of amides is 7. The number of hydrogen-bond donors (Lipinski definition) is 7. The van der Waals surface area contributed by atoms with E-state index in [4.69, 9.17) is 0 Å². The molecule has 0 radical (unpaired) electrons. The number of carbonyl (C=O) groups is 8. The molecular weight excluding hydrogens is 891 g/mol. The quantitative estimate of drug-likeness (QED) is 0.122. The average molecular weight is 968 g/mol. The van der Waals surface area contributed by atoms with Crippen molar-refractivity contribution in [3.05, 3.63) is 70.8 Å². The van der Waals surface area contributed by atoms with Crippen molar-refractivity contribution in [2.75, 3.05) is 27.2 Å². The third kappa shape index (κ3) is 12.6. The zero-order valence-electron chi connectivity index (χ0n) is 42.8. The molecule has 10 atom stereocenters. The Bertz CT molecular complexity index is 2130. The number of aryl methyl sites for hydroxylation is 2. The highest BCUT2D eigenvalue weighted by Crippen LogP contribution is 2.35. The third-order valence-corrected chi connectivity index (χ3v) is 14.7. The van der Waals surface area contributed by atoms with E-state index in [1.54, 1.807) is 27.9 Å². The summed E-state index contributed by atoms with van der Waals surface area (Å²) in [6.45, 7) is 14.2. The number of fused-ring (bicyclic) bond motifs is 2. The average Bonchev–Trinajstić information content (AvgIpc) is 3.95. The van der Waals surface area contributed by atoms with Gasteiger partial charge in [0.15, 0.2) is 0 Å². The van der Waals surface area contributed by atoms with Crippen molar-refractivity contribution in [2.45, 2.75) is 168 Å². The number of hydrogen-bond acceptors (Lipinski definition) is 10. The molecule has 4 aliphatic rings. The van der Waals surface area contributed by atoms with Crippen LogP contribution in [0, 0.1) is 16.7 Å². The zero-order chi connectivity index (χ0) is 51.2. The fraction of sp³-hybridized carbons (Fsp3) is 0.623. The molecule has 7 N–H and O–H groups in total. The normalized spacial score (nSPS) is 23.9. The SMILES string of the molecule is CN[C@@H](C)C(=O)N[C@H](C(=O)N1C[C@@H](CC(=O)C(=O)N[C@H]2C[C@@H](C(=O)N[C@@H]3CCCc4ccccc43)N(C(=O)[C@@H](NC(=O)[C@H](C)NC)C(C)(C)C)C2)C[C@H]1C(=O)N[C@@H]1CCCc2ccccc21)C(C)(C)C. The van der Waals surface area contributed by atoms with E-state index in [2.05, 4.69) is 43.3 Å². The van der Waals surface area contributed by atoms with E-state index in [1.807, 2.05) is 84.0 Å². The minimum absolute atomic E-state index is 0.00838. The van der Waals surface area contributed by atoms with Crippen LogP contribution in [-0.2, 0) is 51.2 Å². The van der Waals surface area contributed by atoms with Crippen LogP contribution in [0.15, 0.2) is 48.5 Å². The maximum absolute atomic E-state index is 14.7. The summed E-state index contributed by atoms with van der Waals surface area (Å²) in [5, 5.41) is 20.8. The Morgan fingerprint density at radius 2 is 1.03 bits per heavy atom. The lowest BCUT2D eigenvalue weighted by Crippen LogP contribution is -2.59. The fourth-order valence-corrected chi connectivity index (χ4v) is 10.4. The Labute approximate surface area is 413 Å². The molecule has 2 aromatic carbocycles. The predicted octanol–water partition coefficient (Wildman–Crippen LogP) is 2.91. The summed E-state index contributed by atoms with van der Waals surface area (Å²) in [5.74, 6) is -4.76. The van der Waals surface area contributed by atoms with Gasteiger partial charge in [0.1, 0.15) is 24.2 Å². The van der Waals surface area contributed by atoms with E-state index in [0.29, 0.717) is 6.42 Å². The molecule has 17 heteroatoms. The molecule has 6 rings (SSSR count). The highest BCUT2D eigenvalue weighted by Gasteiger charge is 2.48. The van der Waals surface area contributed by atoms with Gasteiger partial charge in [-0.3, -0.25) is 38.4 Å². The van der Waals surface area contributed by atoms with Crippen LogP contribution < -0.4 is 37.2 Å². The molecule has 0 bridgehead atoms. The number of nitrogens with one attached hydrogen (secondary N) is 7. The first-order valence-electron chi connectivity index (χ1n) is 25.2. The maximum atomic E-state index is 14.7. The van der Waals surface area contributed by atoms with E-state index in [1.165, 1.54) is 9.80 Å². The van der Waals surface area contributed by atoms with E-state index in [0.717, 1.165) is 54.4 Å². The smallest absolute Gasteiger partial charge is 0.287 e. The van der Waals surface area contributed by atoms with Crippen LogP contribution in [0.5, 0.6) is 0 Å². The van der Waals surface area contributed by atoms with Crippen LogP contribution in [0.25, 0.3) is 0 Å². The van der Waals surface area contributed by atoms with Crippen molar-refractivity contribution < 1.29 is 38.4 Å². The van der Waals surface area contributed by atoms with Crippen molar-refractivity contribution in [3.8, 4) is 0 Å². The standard InChI is InChI=1S/C53H77N9O8/c1-30(54-9)45(64)59-43(52(3,4)5)50(69)61-28-32(25-40(61)47(66)57-38-23-15-19-33-17-11-13-21-36(33)38)26-42(63)49(68)56-35-27-41(48(67)58-39-24-16-20-34-18-12-14-22-37(34)39)62(29-35)51(70)44(53(6,7)8)60-46(65)31(2)55-10/h11-14,17-18,21-22,30-32,35,38-41,43-44,54-55H,15-16,19-20,23-29H2,1-10H3,(H,56,68)(H,57,66)(H,58,67)(H,59,64)(H,60,65)/t30-,31-,32+,35-,38+,39+,40-,41-,43+,44+/m0/s1. The molecule has 7 amide bonds. The first-order valence-corrected chi connectivity index (χ1v) is 25.2. The van der Waals surface area contributed by atoms with E-state index in [-0.39, 0.29) is 56.3 Å². The van der Waals surface area contributed by atoms with Gasteiger partial charge in [-0.15, -0.1) is 0 Å². The predicted molar refractivity (Wildman–Crippen MR) is 266 cm³/mol.